The van der Waals surface area contributed by atoms with Crippen molar-refractivity contribution in [2.24, 2.45) is 0 Å². The average Bonchev–Trinajstić information content (AvgIpc) is 2.71. The fraction of sp³-hybridized carbons (Fsp3) is 0.429. The molecule has 0 spiro atoms. The van der Waals surface area contributed by atoms with Gasteiger partial charge in [-0.15, -0.1) is 0 Å². The van der Waals surface area contributed by atoms with Crippen LogP contribution in [-0.2, 0) is 11.3 Å². The fourth-order valence-electron chi connectivity index (χ4n) is 2.54. The van der Waals surface area contributed by atoms with E-state index in [0.717, 1.165) is 6.42 Å². The first-order valence-electron chi connectivity index (χ1n) is 6.14. The average molecular weight is 262 g/mol. The topological polar surface area (TPSA) is 64.3 Å². The molecule has 1 aliphatic rings. The molecule has 0 aliphatic carbocycles. The largest absolute Gasteiger partial charge is 0.480 e. The van der Waals surface area contributed by atoms with Gasteiger partial charge in [-0.05, 0) is 50.1 Å². The van der Waals surface area contributed by atoms with Crippen LogP contribution >= 0.6 is 0 Å². The van der Waals surface area contributed by atoms with Crippen LogP contribution in [-0.4, -0.2) is 28.1 Å². The lowest BCUT2D eigenvalue weighted by molar-refractivity contribution is -0.148. The van der Waals surface area contributed by atoms with Crippen LogP contribution in [0.3, 0.4) is 0 Å². The lowest BCUT2D eigenvalue weighted by atomic mass is 9.98. The van der Waals surface area contributed by atoms with Gasteiger partial charge in [0.05, 0.1) is 11.6 Å². The number of carboxylic acid groups (broad SMARTS) is 1. The Bertz CT molecular complexity index is 553. The number of benzene rings is 1. The number of likely N-dealkylation sites (tertiary alicyclic amines) is 1. The smallest absolute Gasteiger partial charge is 0.323 e. The summed E-state index contributed by atoms with van der Waals surface area (Å²) in [6.45, 7) is 2.70. The van der Waals surface area contributed by atoms with E-state index in [1.54, 1.807) is 13.0 Å². The van der Waals surface area contributed by atoms with Crippen LogP contribution in [0.15, 0.2) is 18.2 Å². The highest BCUT2D eigenvalue weighted by Crippen LogP contribution is 2.31. The first kappa shape index (κ1) is 13.5. The maximum absolute atomic E-state index is 13.4. The van der Waals surface area contributed by atoms with Gasteiger partial charge in [-0.3, -0.25) is 9.69 Å². The Hall–Kier alpha value is -1.93. The molecular formula is C14H15FN2O2. The van der Waals surface area contributed by atoms with E-state index in [2.05, 4.69) is 0 Å². The molecule has 1 heterocycles. The summed E-state index contributed by atoms with van der Waals surface area (Å²) in [6.07, 6.45) is 1.39. The van der Waals surface area contributed by atoms with E-state index in [1.807, 2.05) is 11.0 Å². The number of aliphatic carboxylic acids is 1. The van der Waals surface area contributed by atoms with Crippen LogP contribution in [0, 0.1) is 17.1 Å². The van der Waals surface area contributed by atoms with Crippen molar-refractivity contribution in [3.63, 3.8) is 0 Å². The maximum atomic E-state index is 13.4. The minimum Gasteiger partial charge on any atom is -0.480 e. The van der Waals surface area contributed by atoms with Crippen LogP contribution in [0.4, 0.5) is 4.39 Å². The molecule has 5 heteroatoms. The van der Waals surface area contributed by atoms with Gasteiger partial charge in [0.1, 0.15) is 11.4 Å². The van der Waals surface area contributed by atoms with Crippen LogP contribution in [0.25, 0.3) is 0 Å². The Morgan fingerprint density at radius 3 is 2.95 bits per heavy atom. The first-order valence-corrected chi connectivity index (χ1v) is 6.14. The molecule has 2 rings (SSSR count). The van der Waals surface area contributed by atoms with Gasteiger partial charge in [-0.2, -0.15) is 5.26 Å². The third-order valence-corrected chi connectivity index (χ3v) is 3.71. The molecule has 4 nitrogen and oxygen atoms in total. The van der Waals surface area contributed by atoms with Crippen molar-refractivity contribution < 1.29 is 14.3 Å². The minimum atomic E-state index is -0.904. The molecule has 1 aliphatic heterocycles. The van der Waals surface area contributed by atoms with Gasteiger partial charge in [0, 0.05) is 6.54 Å². The van der Waals surface area contributed by atoms with Gasteiger partial charge in [-0.1, -0.05) is 0 Å². The summed E-state index contributed by atoms with van der Waals surface area (Å²) in [6, 6.07) is 6.02. The number of halogens is 1. The summed E-state index contributed by atoms with van der Waals surface area (Å²) in [5, 5.41) is 18.1. The van der Waals surface area contributed by atoms with Gasteiger partial charge in [-0.25, -0.2) is 4.39 Å². The zero-order valence-electron chi connectivity index (χ0n) is 10.7. The van der Waals surface area contributed by atoms with Gasteiger partial charge in [0.15, 0.2) is 0 Å². The zero-order chi connectivity index (χ0) is 14.0. The zero-order valence-corrected chi connectivity index (χ0v) is 10.7. The number of carboxylic acids is 1. The molecule has 0 amide bonds. The maximum Gasteiger partial charge on any atom is 0.323 e. The van der Waals surface area contributed by atoms with Crippen LogP contribution in [0.2, 0.25) is 0 Å². The molecular weight excluding hydrogens is 247 g/mol. The third kappa shape index (κ3) is 2.59. The van der Waals surface area contributed by atoms with Gasteiger partial charge < -0.3 is 5.11 Å². The van der Waals surface area contributed by atoms with Gasteiger partial charge in [0.25, 0.3) is 0 Å². The summed E-state index contributed by atoms with van der Waals surface area (Å²) < 4.78 is 13.4. The van der Waals surface area contributed by atoms with Crippen molar-refractivity contribution >= 4 is 5.97 Å². The van der Waals surface area contributed by atoms with Crippen molar-refractivity contribution in [1.29, 1.82) is 5.26 Å². The van der Waals surface area contributed by atoms with Crippen LogP contribution in [0.1, 0.15) is 30.9 Å². The van der Waals surface area contributed by atoms with Crippen LogP contribution < -0.4 is 0 Å². The number of rotatable bonds is 3. The monoisotopic (exact) mass is 262 g/mol. The van der Waals surface area contributed by atoms with E-state index in [-0.39, 0.29) is 5.56 Å². The molecule has 1 fully saturated rings. The summed E-state index contributed by atoms with van der Waals surface area (Å²) in [7, 11) is 0. The second-order valence-corrected chi connectivity index (χ2v) is 5.06. The van der Waals surface area contributed by atoms with Crippen molar-refractivity contribution in [3.8, 4) is 6.07 Å². The van der Waals surface area contributed by atoms with Gasteiger partial charge in [0.2, 0.25) is 0 Å². The highest BCUT2D eigenvalue weighted by molar-refractivity contribution is 5.78. The number of hydrogen-bond acceptors (Lipinski definition) is 3. The third-order valence-electron chi connectivity index (χ3n) is 3.71. The van der Waals surface area contributed by atoms with Gasteiger partial charge >= 0.3 is 5.97 Å². The second-order valence-electron chi connectivity index (χ2n) is 5.06. The number of nitriles is 1. The lowest BCUT2D eigenvalue weighted by Crippen LogP contribution is -2.47. The standard InChI is InChI=1S/C14H15FN2O2/c1-14(13(18)19)3-2-4-17(14)9-11-5-10(8-16)6-12(15)7-11/h5-7H,2-4,9H2,1H3,(H,18,19). The molecule has 0 aromatic heterocycles. The summed E-state index contributed by atoms with van der Waals surface area (Å²) in [5.41, 5.74) is -0.0174. The number of hydrogen-bond donors (Lipinski definition) is 1. The van der Waals surface area contributed by atoms with E-state index < -0.39 is 17.3 Å². The van der Waals surface area contributed by atoms with Crippen molar-refractivity contribution in [2.45, 2.75) is 31.8 Å². The highest BCUT2D eigenvalue weighted by atomic mass is 19.1. The van der Waals surface area contributed by atoms with E-state index in [0.29, 0.717) is 25.1 Å². The second kappa shape index (κ2) is 4.98. The van der Waals surface area contributed by atoms with Crippen molar-refractivity contribution in [1.82, 2.24) is 4.90 Å². The summed E-state index contributed by atoms with van der Waals surface area (Å²) in [5.74, 6) is -1.33. The van der Waals surface area contributed by atoms with E-state index in [9.17, 15) is 14.3 Å². The van der Waals surface area contributed by atoms with Crippen molar-refractivity contribution in [3.05, 3.63) is 35.1 Å². The molecule has 1 saturated heterocycles. The molecule has 1 aromatic carbocycles. The molecule has 1 N–H and O–H groups in total. The molecule has 1 atom stereocenters. The molecule has 0 bridgehead atoms. The first-order chi connectivity index (χ1) is 8.95. The van der Waals surface area contributed by atoms with Crippen molar-refractivity contribution in [2.75, 3.05) is 6.54 Å². The molecule has 1 unspecified atom stereocenters. The Morgan fingerprint density at radius 2 is 2.32 bits per heavy atom. The highest BCUT2D eigenvalue weighted by Gasteiger charge is 2.43. The van der Waals surface area contributed by atoms with E-state index in [4.69, 9.17) is 5.26 Å². The molecule has 0 radical (unpaired) electrons. The quantitative estimate of drug-likeness (QED) is 0.906. The molecule has 0 saturated carbocycles. The Morgan fingerprint density at radius 1 is 1.58 bits per heavy atom. The minimum absolute atomic E-state index is 0.256. The summed E-state index contributed by atoms with van der Waals surface area (Å²) >= 11 is 0. The molecule has 1 aromatic rings. The lowest BCUT2D eigenvalue weighted by Gasteiger charge is -2.31. The predicted molar refractivity (Wildman–Crippen MR) is 66.8 cm³/mol. The van der Waals surface area contributed by atoms with E-state index in [1.165, 1.54) is 12.1 Å². The molecule has 19 heavy (non-hydrogen) atoms. The Labute approximate surface area is 111 Å². The SMILES string of the molecule is CC1(C(=O)O)CCCN1Cc1cc(F)cc(C#N)c1. The summed E-state index contributed by atoms with van der Waals surface area (Å²) in [4.78, 5) is 13.2. The Kier molecular flexibility index (Phi) is 3.54. The predicted octanol–water partition coefficient (Wildman–Crippen LogP) is 2.14. The number of carbonyl (C=O) groups is 1. The Balaban J connectivity index is 2.24. The van der Waals surface area contributed by atoms with E-state index >= 15 is 0 Å². The number of nitrogens with zero attached hydrogens (tertiary/aromatic N) is 2. The van der Waals surface area contributed by atoms with Crippen LogP contribution in [0.5, 0.6) is 0 Å². The fourth-order valence-corrected chi connectivity index (χ4v) is 2.54. The normalized spacial score (nSPS) is 23.2. The molecule has 100 valence electrons.